The summed E-state index contributed by atoms with van der Waals surface area (Å²) in [5, 5.41) is 6.66. The monoisotopic (exact) mass is 266 g/mol. The van der Waals surface area contributed by atoms with E-state index >= 15 is 0 Å². The number of rotatable bonds is 6. The Kier molecular flexibility index (Phi) is 5.35. The zero-order valence-electron chi connectivity index (χ0n) is 11.6. The fourth-order valence-electron chi connectivity index (χ4n) is 2.09. The summed E-state index contributed by atoms with van der Waals surface area (Å²) < 4.78 is 10.5. The average molecular weight is 266 g/mol. The van der Waals surface area contributed by atoms with Gasteiger partial charge < -0.3 is 20.1 Å². The van der Waals surface area contributed by atoms with Crippen LogP contribution in [0.1, 0.15) is 25.6 Å². The lowest BCUT2D eigenvalue weighted by atomic mass is 10.1. The highest BCUT2D eigenvalue weighted by molar-refractivity contribution is 5.48. The van der Waals surface area contributed by atoms with Gasteiger partial charge in [0.1, 0.15) is 18.2 Å². The first-order chi connectivity index (χ1) is 9.31. The van der Waals surface area contributed by atoms with Gasteiger partial charge in [-0.05, 0) is 19.8 Å². The number of nitrogens with zero attached hydrogens (tertiary/aromatic N) is 2. The molecule has 1 aromatic heterocycles. The predicted molar refractivity (Wildman–Crippen MR) is 74.4 cm³/mol. The molecule has 0 atom stereocenters. The molecule has 0 amide bonds. The van der Waals surface area contributed by atoms with E-state index in [1.165, 1.54) is 0 Å². The van der Waals surface area contributed by atoms with Crippen LogP contribution in [-0.4, -0.2) is 42.9 Å². The second-order valence-corrected chi connectivity index (χ2v) is 4.55. The lowest BCUT2D eigenvalue weighted by molar-refractivity contribution is 0.0903. The molecule has 0 radical (unpaired) electrons. The molecule has 2 N–H and O–H groups in total. The van der Waals surface area contributed by atoms with Crippen LogP contribution in [0.4, 0.5) is 11.6 Å². The van der Waals surface area contributed by atoms with Crippen LogP contribution in [0.2, 0.25) is 0 Å². The summed E-state index contributed by atoms with van der Waals surface area (Å²) in [6.07, 6.45) is 2.03. The Labute approximate surface area is 113 Å². The number of ether oxygens (including phenoxy) is 2. The molecule has 0 unspecified atom stereocenters. The summed E-state index contributed by atoms with van der Waals surface area (Å²) in [6.45, 7) is 4.92. The molecule has 0 bridgehead atoms. The fourth-order valence-corrected chi connectivity index (χ4v) is 2.09. The van der Waals surface area contributed by atoms with E-state index < -0.39 is 0 Å². The van der Waals surface area contributed by atoms with E-state index in [2.05, 4.69) is 20.6 Å². The Bertz CT molecular complexity index is 370. The van der Waals surface area contributed by atoms with Gasteiger partial charge >= 0.3 is 0 Å². The largest absolute Gasteiger partial charge is 0.381 e. The van der Waals surface area contributed by atoms with Gasteiger partial charge in [-0.15, -0.1) is 0 Å². The van der Waals surface area contributed by atoms with E-state index in [1.807, 2.05) is 13.0 Å². The molecular formula is C13H22N4O2. The fraction of sp³-hybridized carbons (Fsp3) is 0.692. The van der Waals surface area contributed by atoms with Gasteiger partial charge in [0.15, 0.2) is 5.82 Å². The molecule has 0 spiro atoms. The van der Waals surface area contributed by atoms with Gasteiger partial charge in [-0.25, -0.2) is 9.97 Å². The molecule has 1 aromatic rings. The molecule has 0 saturated carbocycles. The zero-order valence-corrected chi connectivity index (χ0v) is 11.6. The first kappa shape index (κ1) is 14.0. The minimum atomic E-state index is 0.418. The lowest BCUT2D eigenvalue weighted by Crippen LogP contribution is -2.28. The first-order valence-electron chi connectivity index (χ1n) is 6.77. The Hall–Kier alpha value is -1.40. The third-order valence-corrected chi connectivity index (χ3v) is 2.98. The SMILES string of the molecule is CCNc1cc(NC2CCOCC2)nc(COC)n1. The number of nitrogens with one attached hydrogen (secondary N) is 2. The lowest BCUT2D eigenvalue weighted by Gasteiger charge is -2.24. The van der Waals surface area contributed by atoms with Crippen molar-refractivity contribution in [3.63, 3.8) is 0 Å². The third kappa shape index (κ3) is 4.33. The van der Waals surface area contributed by atoms with Crippen LogP contribution in [0, 0.1) is 0 Å². The molecule has 106 valence electrons. The summed E-state index contributed by atoms with van der Waals surface area (Å²) in [5.41, 5.74) is 0. The van der Waals surface area contributed by atoms with E-state index in [1.54, 1.807) is 7.11 Å². The molecule has 1 saturated heterocycles. The molecular weight excluding hydrogens is 244 g/mol. The Balaban J connectivity index is 2.08. The maximum atomic E-state index is 5.36. The van der Waals surface area contributed by atoms with Crippen molar-refractivity contribution in [2.24, 2.45) is 0 Å². The Morgan fingerprint density at radius 2 is 2.05 bits per heavy atom. The van der Waals surface area contributed by atoms with Crippen molar-refractivity contribution in [2.75, 3.05) is 37.5 Å². The minimum Gasteiger partial charge on any atom is -0.381 e. The van der Waals surface area contributed by atoms with E-state index in [4.69, 9.17) is 9.47 Å². The van der Waals surface area contributed by atoms with Crippen molar-refractivity contribution in [1.82, 2.24) is 9.97 Å². The second kappa shape index (κ2) is 7.25. The summed E-state index contributed by atoms with van der Waals surface area (Å²) in [5.74, 6) is 2.37. The summed E-state index contributed by atoms with van der Waals surface area (Å²) in [7, 11) is 1.65. The van der Waals surface area contributed by atoms with Crippen LogP contribution < -0.4 is 10.6 Å². The van der Waals surface area contributed by atoms with Gasteiger partial charge in [-0.3, -0.25) is 0 Å². The molecule has 0 aromatic carbocycles. The number of hydrogen-bond acceptors (Lipinski definition) is 6. The predicted octanol–water partition coefficient (Wildman–Crippen LogP) is 1.65. The quantitative estimate of drug-likeness (QED) is 0.816. The highest BCUT2D eigenvalue weighted by Gasteiger charge is 2.14. The number of hydrogen-bond donors (Lipinski definition) is 2. The van der Waals surface area contributed by atoms with Crippen molar-refractivity contribution in [3.8, 4) is 0 Å². The van der Waals surface area contributed by atoms with Crippen LogP contribution in [-0.2, 0) is 16.1 Å². The van der Waals surface area contributed by atoms with Gasteiger partial charge in [0.25, 0.3) is 0 Å². The molecule has 6 heteroatoms. The van der Waals surface area contributed by atoms with E-state index in [-0.39, 0.29) is 0 Å². The summed E-state index contributed by atoms with van der Waals surface area (Å²) in [6, 6.07) is 2.37. The number of anilines is 2. The normalized spacial score (nSPS) is 16.3. The molecule has 1 fully saturated rings. The molecule has 6 nitrogen and oxygen atoms in total. The van der Waals surface area contributed by atoms with Gasteiger partial charge in [0.05, 0.1) is 0 Å². The zero-order chi connectivity index (χ0) is 13.5. The van der Waals surface area contributed by atoms with Crippen LogP contribution >= 0.6 is 0 Å². The molecule has 0 aliphatic carbocycles. The van der Waals surface area contributed by atoms with Crippen LogP contribution in [0.5, 0.6) is 0 Å². The van der Waals surface area contributed by atoms with Crippen LogP contribution in [0.15, 0.2) is 6.07 Å². The first-order valence-corrected chi connectivity index (χ1v) is 6.77. The van der Waals surface area contributed by atoms with Gasteiger partial charge in [-0.2, -0.15) is 0 Å². The van der Waals surface area contributed by atoms with Crippen molar-refractivity contribution in [1.29, 1.82) is 0 Å². The highest BCUT2D eigenvalue weighted by Crippen LogP contribution is 2.16. The van der Waals surface area contributed by atoms with Crippen molar-refractivity contribution >= 4 is 11.6 Å². The standard InChI is InChI=1S/C13H22N4O2/c1-3-14-11-8-12(17-13(16-11)9-18-2)15-10-4-6-19-7-5-10/h8,10H,3-7,9H2,1-2H3,(H2,14,15,16,17). The van der Waals surface area contributed by atoms with E-state index in [0.717, 1.165) is 44.2 Å². The van der Waals surface area contributed by atoms with Crippen molar-refractivity contribution in [3.05, 3.63) is 11.9 Å². The summed E-state index contributed by atoms with van der Waals surface area (Å²) >= 11 is 0. The second-order valence-electron chi connectivity index (χ2n) is 4.55. The molecule has 2 rings (SSSR count). The van der Waals surface area contributed by atoms with Crippen molar-refractivity contribution < 1.29 is 9.47 Å². The summed E-state index contributed by atoms with van der Waals surface area (Å²) in [4.78, 5) is 8.87. The van der Waals surface area contributed by atoms with Crippen LogP contribution in [0.3, 0.4) is 0 Å². The Morgan fingerprint density at radius 1 is 1.32 bits per heavy atom. The van der Waals surface area contributed by atoms with Crippen molar-refractivity contribution in [2.45, 2.75) is 32.4 Å². The molecule has 1 aliphatic rings. The third-order valence-electron chi connectivity index (χ3n) is 2.98. The van der Waals surface area contributed by atoms with Crippen LogP contribution in [0.25, 0.3) is 0 Å². The topological polar surface area (TPSA) is 68.3 Å². The Morgan fingerprint density at radius 3 is 2.74 bits per heavy atom. The van der Waals surface area contributed by atoms with Gasteiger partial charge in [0, 0.05) is 39.0 Å². The molecule has 1 aliphatic heterocycles. The number of aromatic nitrogens is 2. The molecule has 2 heterocycles. The number of methoxy groups -OCH3 is 1. The average Bonchev–Trinajstić information content (AvgIpc) is 2.40. The van der Waals surface area contributed by atoms with Gasteiger partial charge in [-0.1, -0.05) is 0 Å². The smallest absolute Gasteiger partial charge is 0.158 e. The molecule has 19 heavy (non-hydrogen) atoms. The van der Waals surface area contributed by atoms with E-state index in [9.17, 15) is 0 Å². The minimum absolute atomic E-state index is 0.418. The maximum Gasteiger partial charge on any atom is 0.158 e. The van der Waals surface area contributed by atoms with Gasteiger partial charge in [0.2, 0.25) is 0 Å². The maximum absolute atomic E-state index is 5.36. The highest BCUT2D eigenvalue weighted by atomic mass is 16.5. The van der Waals surface area contributed by atoms with E-state index in [0.29, 0.717) is 18.5 Å².